The first-order valence-electron chi connectivity index (χ1n) is 12.3. The van der Waals surface area contributed by atoms with Crippen LogP contribution >= 0.6 is 0 Å². The molecule has 8 heteroatoms. The number of hydrogen-bond donors (Lipinski definition) is 2. The molecule has 3 aliphatic carbocycles. The number of phenols is 1. The lowest BCUT2D eigenvalue weighted by atomic mass is 9.59. The molecular weight excluding hydrogens is 474 g/mol. The third kappa shape index (κ3) is 3.79. The van der Waals surface area contributed by atoms with Crippen LogP contribution in [0.3, 0.4) is 0 Å². The molecule has 4 unspecified atom stereocenters. The number of imide groups is 1. The van der Waals surface area contributed by atoms with Crippen molar-refractivity contribution in [3.63, 3.8) is 0 Å². The van der Waals surface area contributed by atoms with Crippen molar-refractivity contribution < 1.29 is 34.2 Å². The summed E-state index contributed by atoms with van der Waals surface area (Å²) in [7, 11) is 0. The monoisotopic (exact) mass is 501 g/mol. The van der Waals surface area contributed by atoms with Gasteiger partial charge in [0.1, 0.15) is 5.75 Å². The van der Waals surface area contributed by atoms with Gasteiger partial charge in [0.05, 0.1) is 18.3 Å². The van der Waals surface area contributed by atoms with E-state index in [0.29, 0.717) is 34.3 Å². The normalized spacial score (nSPS) is 26.9. The van der Waals surface area contributed by atoms with Gasteiger partial charge in [0.15, 0.2) is 11.6 Å². The van der Waals surface area contributed by atoms with E-state index in [1.807, 2.05) is 6.08 Å². The number of phenolic OH excluding ortho intramolecular Hbond substituents is 1. The zero-order valence-corrected chi connectivity index (χ0v) is 20.4. The molecule has 1 fully saturated rings. The summed E-state index contributed by atoms with van der Waals surface area (Å²) in [5.74, 6) is -5.20. The predicted octanol–water partition coefficient (Wildman–Crippen LogP) is 3.02. The number of aliphatic carboxylic acids is 1. The Morgan fingerprint density at radius 1 is 1.16 bits per heavy atom. The second kappa shape index (κ2) is 9.10. The number of nitrogens with zero attached hydrogens (tertiary/aromatic N) is 1. The Balaban J connectivity index is 1.65. The lowest BCUT2D eigenvalue weighted by molar-refractivity contribution is -0.142. The number of carbonyl (C=O) groups excluding carboxylic acids is 4. The number of likely N-dealkylation sites (tertiary alicyclic amines) is 1. The molecule has 8 nitrogen and oxygen atoms in total. The minimum absolute atomic E-state index is 0.00675. The van der Waals surface area contributed by atoms with Crippen LogP contribution in [0.5, 0.6) is 5.75 Å². The third-order valence-electron chi connectivity index (χ3n) is 8.03. The summed E-state index contributed by atoms with van der Waals surface area (Å²) in [6, 6.07) is 5.26. The number of rotatable bonds is 6. The Hall–Kier alpha value is -4.07. The molecule has 0 aromatic heterocycles. The molecule has 5 rings (SSSR count). The number of aromatic hydroxyl groups is 1. The SMILES string of the molecule is C=CCc1cccc(C2C3=CCC4C(=O)N(CCC(=O)O)C(=O)C4C3CC3=C2C(=O)C(C)=CC3=O)c1O. The first-order chi connectivity index (χ1) is 17.6. The predicted molar refractivity (Wildman–Crippen MR) is 132 cm³/mol. The Kier molecular flexibility index (Phi) is 6.06. The Morgan fingerprint density at radius 2 is 1.92 bits per heavy atom. The molecule has 190 valence electrons. The van der Waals surface area contributed by atoms with E-state index in [1.54, 1.807) is 31.2 Å². The number of fused-ring (bicyclic) bond motifs is 3. The van der Waals surface area contributed by atoms with Crippen LogP contribution in [0, 0.1) is 17.8 Å². The first kappa shape index (κ1) is 24.6. The minimum atomic E-state index is -1.11. The summed E-state index contributed by atoms with van der Waals surface area (Å²) in [5.41, 5.74) is 2.77. The number of hydrogen-bond acceptors (Lipinski definition) is 6. The van der Waals surface area contributed by atoms with Crippen molar-refractivity contribution in [2.24, 2.45) is 17.8 Å². The van der Waals surface area contributed by atoms with Crippen LogP contribution in [0.1, 0.15) is 43.2 Å². The van der Waals surface area contributed by atoms with Crippen molar-refractivity contribution >= 4 is 29.4 Å². The van der Waals surface area contributed by atoms with Crippen molar-refractivity contribution in [1.29, 1.82) is 0 Å². The van der Waals surface area contributed by atoms with E-state index >= 15 is 0 Å². The molecule has 4 atom stereocenters. The fourth-order valence-electron chi connectivity index (χ4n) is 6.37. The van der Waals surface area contributed by atoms with Crippen molar-refractivity contribution in [3.05, 3.63) is 76.4 Å². The fourth-order valence-corrected chi connectivity index (χ4v) is 6.37. The molecule has 0 radical (unpaired) electrons. The number of carbonyl (C=O) groups is 5. The van der Waals surface area contributed by atoms with E-state index in [9.17, 15) is 29.1 Å². The van der Waals surface area contributed by atoms with Crippen molar-refractivity contribution in [2.75, 3.05) is 6.54 Å². The van der Waals surface area contributed by atoms with Crippen LogP contribution in [0.15, 0.2) is 65.3 Å². The zero-order valence-electron chi connectivity index (χ0n) is 20.4. The van der Waals surface area contributed by atoms with Gasteiger partial charge in [-0.05, 0) is 43.7 Å². The smallest absolute Gasteiger partial charge is 0.305 e. The summed E-state index contributed by atoms with van der Waals surface area (Å²) in [4.78, 5) is 65.3. The molecule has 0 spiro atoms. The standard InChI is InChI=1S/C29H27NO7/c1-3-5-15-6-4-7-17(27(15)35)23-16-8-9-18-24(29(37)30(28(18)36)11-10-22(32)33)19(16)13-20-21(31)12-14(2)26(34)25(20)23/h3-4,6-8,12,18-19,23-24,35H,1,5,9-11,13H2,2H3,(H,32,33). The number of Topliss-reactive ketones (excluding diaryl/α,β-unsaturated/α-hetero) is 1. The van der Waals surface area contributed by atoms with Gasteiger partial charge in [0.25, 0.3) is 0 Å². The van der Waals surface area contributed by atoms with Gasteiger partial charge in [0, 0.05) is 34.7 Å². The Morgan fingerprint density at radius 3 is 2.62 bits per heavy atom. The zero-order chi connectivity index (χ0) is 26.6. The third-order valence-corrected chi connectivity index (χ3v) is 8.03. The Bertz CT molecular complexity index is 1380. The minimum Gasteiger partial charge on any atom is -0.507 e. The number of benzene rings is 1. The highest BCUT2D eigenvalue weighted by atomic mass is 16.4. The van der Waals surface area contributed by atoms with Crippen LogP contribution < -0.4 is 0 Å². The summed E-state index contributed by atoms with van der Waals surface area (Å²) >= 11 is 0. The van der Waals surface area contributed by atoms with Crippen LogP contribution in [-0.2, 0) is 30.4 Å². The molecule has 1 heterocycles. The second-order valence-corrected chi connectivity index (χ2v) is 10.0. The van der Waals surface area contributed by atoms with Crippen LogP contribution in [0.25, 0.3) is 0 Å². The topological polar surface area (TPSA) is 129 Å². The van der Waals surface area contributed by atoms with E-state index in [0.717, 1.165) is 10.5 Å². The molecule has 1 aliphatic heterocycles. The highest BCUT2D eigenvalue weighted by molar-refractivity contribution is 6.24. The molecule has 1 aromatic carbocycles. The van der Waals surface area contributed by atoms with Crippen LogP contribution in [-0.4, -0.2) is 51.0 Å². The van der Waals surface area contributed by atoms with E-state index in [4.69, 9.17) is 5.11 Å². The summed E-state index contributed by atoms with van der Waals surface area (Å²) in [6.45, 7) is 5.12. The first-order valence-corrected chi connectivity index (χ1v) is 12.3. The molecular formula is C29H27NO7. The van der Waals surface area contributed by atoms with E-state index in [2.05, 4.69) is 6.58 Å². The van der Waals surface area contributed by atoms with Gasteiger partial charge in [-0.1, -0.05) is 35.9 Å². The highest BCUT2D eigenvalue weighted by Gasteiger charge is 2.56. The fraction of sp³-hybridized carbons (Fsp3) is 0.345. The average Bonchev–Trinajstić information content (AvgIpc) is 3.11. The second-order valence-electron chi connectivity index (χ2n) is 10.0. The van der Waals surface area contributed by atoms with Crippen LogP contribution in [0.2, 0.25) is 0 Å². The van der Waals surface area contributed by atoms with E-state index < -0.39 is 41.5 Å². The number of carboxylic acid groups (broad SMARTS) is 1. The van der Waals surface area contributed by atoms with Crippen molar-refractivity contribution in [3.8, 4) is 5.75 Å². The largest absolute Gasteiger partial charge is 0.507 e. The molecule has 4 aliphatic rings. The molecule has 37 heavy (non-hydrogen) atoms. The van der Waals surface area contributed by atoms with Gasteiger partial charge < -0.3 is 10.2 Å². The summed E-state index contributed by atoms with van der Waals surface area (Å²) < 4.78 is 0. The van der Waals surface area contributed by atoms with E-state index in [-0.39, 0.29) is 43.1 Å². The highest BCUT2D eigenvalue weighted by Crippen LogP contribution is 2.56. The number of para-hydroxylation sites is 1. The van der Waals surface area contributed by atoms with Gasteiger partial charge in [0.2, 0.25) is 11.8 Å². The maximum atomic E-state index is 13.5. The number of allylic oxidation sites excluding steroid dienone is 7. The number of carboxylic acids is 1. The summed E-state index contributed by atoms with van der Waals surface area (Å²) in [6.07, 6.45) is 5.29. The molecule has 2 N–H and O–H groups in total. The maximum Gasteiger partial charge on any atom is 0.305 e. The van der Waals surface area contributed by atoms with Gasteiger partial charge in [-0.25, -0.2) is 0 Å². The Labute approximate surface area is 213 Å². The molecule has 2 amide bonds. The molecule has 1 saturated heterocycles. The van der Waals surface area contributed by atoms with Crippen LogP contribution in [0.4, 0.5) is 0 Å². The van der Waals surface area contributed by atoms with Crippen molar-refractivity contribution in [2.45, 2.75) is 38.5 Å². The number of ketones is 2. The quantitative estimate of drug-likeness (QED) is 0.348. The van der Waals surface area contributed by atoms with Gasteiger partial charge in [-0.2, -0.15) is 0 Å². The molecule has 0 saturated carbocycles. The molecule has 1 aromatic rings. The summed E-state index contributed by atoms with van der Waals surface area (Å²) in [5, 5.41) is 20.3. The van der Waals surface area contributed by atoms with E-state index in [1.165, 1.54) is 6.08 Å². The van der Waals surface area contributed by atoms with Gasteiger partial charge in [-0.3, -0.25) is 28.9 Å². The van der Waals surface area contributed by atoms with Gasteiger partial charge >= 0.3 is 5.97 Å². The molecule has 0 bridgehead atoms. The maximum absolute atomic E-state index is 13.5. The lowest BCUT2D eigenvalue weighted by Crippen LogP contribution is -2.40. The van der Waals surface area contributed by atoms with Crippen molar-refractivity contribution in [1.82, 2.24) is 4.90 Å². The lowest BCUT2D eigenvalue weighted by Gasteiger charge is -2.42. The number of amides is 2. The van der Waals surface area contributed by atoms with Gasteiger partial charge in [-0.15, -0.1) is 6.58 Å². The average molecular weight is 502 g/mol.